The first-order chi connectivity index (χ1) is 11.4. The molecule has 0 bridgehead atoms. The molecule has 0 saturated carbocycles. The molecule has 0 N–H and O–H groups in total. The summed E-state index contributed by atoms with van der Waals surface area (Å²) in [6, 6.07) is 16.0. The Morgan fingerprint density at radius 2 is 1.71 bits per heavy atom. The number of likely N-dealkylation sites (N-methyl/N-ethyl adjacent to an activating group) is 2. The molecule has 1 unspecified atom stereocenters. The molecule has 0 radical (unpaired) electrons. The lowest BCUT2D eigenvalue weighted by Crippen LogP contribution is -2.37. The van der Waals surface area contributed by atoms with Gasteiger partial charge in [0.2, 0.25) is 5.91 Å². The van der Waals surface area contributed by atoms with E-state index in [-0.39, 0.29) is 11.9 Å². The van der Waals surface area contributed by atoms with E-state index in [1.807, 2.05) is 55.4 Å². The van der Waals surface area contributed by atoms with Crippen LogP contribution in [0.5, 0.6) is 0 Å². The molecule has 3 nitrogen and oxygen atoms in total. The van der Waals surface area contributed by atoms with Gasteiger partial charge < -0.3 is 4.90 Å². The summed E-state index contributed by atoms with van der Waals surface area (Å²) in [5.41, 5.74) is 3.42. The summed E-state index contributed by atoms with van der Waals surface area (Å²) < 4.78 is 0. The molecule has 0 spiro atoms. The summed E-state index contributed by atoms with van der Waals surface area (Å²) in [5.74, 6) is 0.0969. The summed E-state index contributed by atoms with van der Waals surface area (Å²) in [4.78, 5) is 16.3. The van der Waals surface area contributed by atoms with Gasteiger partial charge in [0.1, 0.15) is 0 Å². The third kappa shape index (κ3) is 4.59. The molecule has 1 amide bonds. The highest BCUT2D eigenvalue weighted by molar-refractivity contribution is 6.31. The zero-order chi connectivity index (χ0) is 17.7. The van der Waals surface area contributed by atoms with Crippen molar-refractivity contribution in [2.24, 2.45) is 0 Å². The van der Waals surface area contributed by atoms with Crippen molar-refractivity contribution in [3.05, 3.63) is 70.2 Å². The monoisotopic (exact) mass is 344 g/mol. The molecular weight excluding hydrogens is 320 g/mol. The maximum absolute atomic E-state index is 12.5. The minimum absolute atomic E-state index is 0.0783. The number of aryl methyl sites for hydroxylation is 1. The Bertz CT molecular complexity index is 702. The molecule has 0 saturated heterocycles. The topological polar surface area (TPSA) is 23.6 Å². The first-order valence-corrected chi connectivity index (χ1v) is 8.51. The van der Waals surface area contributed by atoms with Crippen molar-refractivity contribution >= 4 is 17.5 Å². The molecule has 2 rings (SSSR count). The van der Waals surface area contributed by atoms with Gasteiger partial charge in [-0.15, -0.1) is 0 Å². The second-order valence-electron chi connectivity index (χ2n) is 6.29. The lowest BCUT2D eigenvalue weighted by atomic mass is 10.1. The fraction of sp³-hybridized carbons (Fsp3) is 0.350. The molecule has 2 aromatic carbocycles. The van der Waals surface area contributed by atoms with Crippen molar-refractivity contribution in [2.45, 2.75) is 26.4 Å². The molecule has 4 heteroatoms. The van der Waals surface area contributed by atoms with Crippen molar-refractivity contribution in [3.63, 3.8) is 0 Å². The minimum atomic E-state index is 0.0783. The number of benzene rings is 2. The highest BCUT2D eigenvalue weighted by atomic mass is 35.5. The Morgan fingerprint density at radius 1 is 1.08 bits per heavy atom. The SMILES string of the molecule is Cc1ccccc1CN(C)C(=O)CN(C)C(C)c1ccccc1Cl. The molecular formula is C20H25ClN2O. The Balaban J connectivity index is 1.98. The van der Waals surface area contributed by atoms with Gasteiger partial charge in [0.05, 0.1) is 6.54 Å². The minimum Gasteiger partial charge on any atom is -0.340 e. The zero-order valence-corrected chi connectivity index (χ0v) is 15.5. The number of amides is 1. The lowest BCUT2D eigenvalue weighted by molar-refractivity contribution is -0.131. The predicted molar refractivity (Wildman–Crippen MR) is 100 cm³/mol. The summed E-state index contributed by atoms with van der Waals surface area (Å²) in [6.45, 7) is 5.11. The highest BCUT2D eigenvalue weighted by Gasteiger charge is 2.19. The van der Waals surface area contributed by atoms with Gasteiger partial charge in [0, 0.05) is 24.7 Å². The Labute approximate surface area is 149 Å². The quantitative estimate of drug-likeness (QED) is 0.780. The fourth-order valence-corrected chi connectivity index (χ4v) is 2.95. The third-order valence-corrected chi connectivity index (χ3v) is 4.84. The van der Waals surface area contributed by atoms with Crippen LogP contribution in [0, 0.1) is 6.92 Å². The number of carbonyl (C=O) groups excluding carboxylic acids is 1. The standard InChI is InChI=1S/C20H25ClN2O/c1-15-9-5-6-10-17(15)13-23(4)20(24)14-22(3)16(2)18-11-7-8-12-19(18)21/h5-12,16H,13-14H2,1-4H3. The lowest BCUT2D eigenvalue weighted by Gasteiger charge is -2.27. The van der Waals surface area contributed by atoms with Crippen molar-refractivity contribution in [1.29, 1.82) is 0 Å². The molecule has 128 valence electrons. The number of nitrogens with zero attached hydrogens (tertiary/aromatic N) is 2. The zero-order valence-electron chi connectivity index (χ0n) is 14.8. The van der Waals surface area contributed by atoms with Crippen molar-refractivity contribution in [3.8, 4) is 0 Å². The van der Waals surface area contributed by atoms with Crippen LogP contribution in [0.2, 0.25) is 5.02 Å². The van der Waals surface area contributed by atoms with Crippen LogP contribution < -0.4 is 0 Å². The number of carbonyl (C=O) groups is 1. The summed E-state index contributed by atoms with van der Waals surface area (Å²) >= 11 is 6.27. The number of rotatable bonds is 6. The first kappa shape index (κ1) is 18.5. The van der Waals surface area contributed by atoms with E-state index in [4.69, 9.17) is 11.6 Å². The summed E-state index contributed by atoms with van der Waals surface area (Å²) in [6.07, 6.45) is 0. The second-order valence-corrected chi connectivity index (χ2v) is 6.70. The van der Waals surface area contributed by atoms with Gasteiger partial charge in [-0.3, -0.25) is 9.69 Å². The van der Waals surface area contributed by atoms with Crippen molar-refractivity contribution < 1.29 is 4.79 Å². The molecule has 0 aliphatic carbocycles. The molecule has 0 aliphatic rings. The van der Waals surface area contributed by atoms with Crippen LogP contribution >= 0.6 is 11.6 Å². The van der Waals surface area contributed by atoms with E-state index < -0.39 is 0 Å². The molecule has 1 atom stereocenters. The predicted octanol–water partition coefficient (Wildman–Crippen LogP) is 4.30. The maximum Gasteiger partial charge on any atom is 0.236 e. The van der Waals surface area contributed by atoms with E-state index in [1.165, 1.54) is 11.1 Å². The Kier molecular flexibility index (Phi) is 6.41. The highest BCUT2D eigenvalue weighted by Crippen LogP contribution is 2.26. The molecule has 2 aromatic rings. The van der Waals surface area contributed by atoms with Gasteiger partial charge in [-0.05, 0) is 43.7 Å². The van der Waals surface area contributed by atoms with Crippen LogP contribution in [0.1, 0.15) is 29.7 Å². The van der Waals surface area contributed by atoms with E-state index in [9.17, 15) is 4.79 Å². The van der Waals surface area contributed by atoms with Gasteiger partial charge in [0.25, 0.3) is 0 Å². The molecule has 24 heavy (non-hydrogen) atoms. The Morgan fingerprint density at radius 3 is 2.38 bits per heavy atom. The van der Waals surface area contributed by atoms with Gasteiger partial charge in [-0.1, -0.05) is 54.1 Å². The number of hydrogen-bond donors (Lipinski definition) is 0. The van der Waals surface area contributed by atoms with E-state index in [2.05, 4.69) is 26.0 Å². The van der Waals surface area contributed by atoms with Crippen LogP contribution in [-0.4, -0.2) is 36.3 Å². The van der Waals surface area contributed by atoms with E-state index >= 15 is 0 Å². The van der Waals surface area contributed by atoms with Crippen LogP contribution in [0.3, 0.4) is 0 Å². The molecule has 0 heterocycles. The van der Waals surface area contributed by atoms with Crippen molar-refractivity contribution in [1.82, 2.24) is 9.80 Å². The van der Waals surface area contributed by atoms with Crippen LogP contribution in [0.4, 0.5) is 0 Å². The second kappa shape index (κ2) is 8.32. The van der Waals surface area contributed by atoms with Crippen LogP contribution in [0.25, 0.3) is 0 Å². The molecule has 0 aromatic heterocycles. The maximum atomic E-state index is 12.5. The van der Waals surface area contributed by atoms with Gasteiger partial charge >= 0.3 is 0 Å². The van der Waals surface area contributed by atoms with Crippen LogP contribution in [0.15, 0.2) is 48.5 Å². The smallest absolute Gasteiger partial charge is 0.236 e. The van der Waals surface area contributed by atoms with Crippen LogP contribution in [-0.2, 0) is 11.3 Å². The molecule has 0 fully saturated rings. The Hall–Kier alpha value is -1.84. The average Bonchev–Trinajstić information content (AvgIpc) is 2.56. The largest absolute Gasteiger partial charge is 0.340 e. The van der Waals surface area contributed by atoms with Gasteiger partial charge in [-0.2, -0.15) is 0 Å². The summed E-state index contributed by atoms with van der Waals surface area (Å²) in [5, 5.41) is 0.734. The number of halogens is 1. The van der Waals surface area contributed by atoms with E-state index in [1.54, 1.807) is 4.90 Å². The van der Waals surface area contributed by atoms with E-state index in [0.29, 0.717) is 13.1 Å². The first-order valence-electron chi connectivity index (χ1n) is 8.13. The molecule has 0 aliphatic heterocycles. The fourth-order valence-electron chi connectivity index (χ4n) is 2.65. The average molecular weight is 345 g/mol. The van der Waals surface area contributed by atoms with Crippen molar-refractivity contribution in [2.75, 3.05) is 20.6 Å². The van der Waals surface area contributed by atoms with Gasteiger partial charge in [0.15, 0.2) is 0 Å². The normalized spacial score (nSPS) is 12.2. The number of hydrogen-bond acceptors (Lipinski definition) is 2. The van der Waals surface area contributed by atoms with E-state index in [0.717, 1.165) is 10.6 Å². The summed E-state index contributed by atoms with van der Waals surface area (Å²) in [7, 11) is 3.80. The third-order valence-electron chi connectivity index (χ3n) is 4.50. The van der Waals surface area contributed by atoms with Gasteiger partial charge in [-0.25, -0.2) is 0 Å².